The van der Waals surface area contributed by atoms with Crippen LogP contribution in [0.1, 0.15) is 44.9 Å². The maximum Gasteiger partial charge on any atom is 0.389 e. The summed E-state index contributed by atoms with van der Waals surface area (Å²) in [6.07, 6.45) is 0.0605. The smallest absolute Gasteiger partial charge is 0.378 e. The minimum atomic E-state index is -4.08. The molecule has 96 valence electrons. The van der Waals surface area contributed by atoms with Gasteiger partial charge in [0.2, 0.25) is 0 Å². The van der Waals surface area contributed by atoms with Crippen LogP contribution in [0.3, 0.4) is 0 Å². The Morgan fingerprint density at radius 1 is 1.25 bits per heavy atom. The van der Waals surface area contributed by atoms with Gasteiger partial charge in [-0.3, -0.25) is 0 Å². The SMILES string of the molecule is NC(CCC1CCCCO1)CCC(F)(F)F. The first kappa shape index (κ1) is 13.8. The van der Waals surface area contributed by atoms with Gasteiger partial charge >= 0.3 is 6.18 Å². The summed E-state index contributed by atoms with van der Waals surface area (Å²) in [5.74, 6) is 0. The molecule has 2 atom stereocenters. The summed E-state index contributed by atoms with van der Waals surface area (Å²) >= 11 is 0. The van der Waals surface area contributed by atoms with Crippen LogP contribution in [-0.4, -0.2) is 24.9 Å². The first-order valence-corrected chi connectivity index (χ1v) is 5.91. The summed E-state index contributed by atoms with van der Waals surface area (Å²) < 4.78 is 41.3. The summed E-state index contributed by atoms with van der Waals surface area (Å²) in [6.45, 7) is 0.780. The van der Waals surface area contributed by atoms with Crippen molar-refractivity contribution in [3.8, 4) is 0 Å². The van der Waals surface area contributed by atoms with E-state index >= 15 is 0 Å². The van der Waals surface area contributed by atoms with Gasteiger partial charge in [-0.2, -0.15) is 13.2 Å². The highest BCUT2D eigenvalue weighted by atomic mass is 19.4. The minimum Gasteiger partial charge on any atom is -0.378 e. The number of halogens is 3. The molecular formula is C11H20F3NO. The molecule has 5 heteroatoms. The molecule has 0 aromatic carbocycles. The molecule has 2 N–H and O–H groups in total. The molecule has 16 heavy (non-hydrogen) atoms. The lowest BCUT2D eigenvalue weighted by molar-refractivity contribution is -0.136. The second-order valence-electron chi connectivity index (χ2n) is 4.48. The third-order valence-corrected chi connectivity index (χ3v) is 2.93. The molecule has 1 saturated heterocycles. The number of alkyl halides is 3. The third kappa shape index (κ3) is 6.33. The lowest BCUT2D eigenvalue weighted by Gasteiger charge is -2.23. The molecular weight excluding hydrogens is 219 g/mol. The lowest BCUT2D eigenvalue weighted by atomic mass is 10.00. The van der Waals surface area contributed by atoms with Gasteiger partial charge in [-0.05, 0) is 38.5 Å². The van der Waals surface area contributed by atoms with Gasteiger partial charge in [-0.1, -0.05) is 0 Å². The summed E-state index contributed by atoms with van der Waals surface area (Å²) in [4.78, 5) is 0. The van der Waals surface area contributed by atoms with E-state index in [1.165, 1.54) is 0 Å². The van der Waals surface area contributed by atoms with E-state index in [2.05, 4.69) is 0 Å². The molecule has 1 aliphatic rings. The fraction of sp³-hybridized carbons (Fsp3) is 1.00. The molecule has 0 radical (unpaired) electrons. The predicted molar refractivity (Wildman–Crippen MR) is 56.1 cm³/mol. The Bertz CT molecular complexity index is 190. The number of nitrogens with two attached hydrogens (primary N) is 1. The largest absolute Gasteiger partial charge is 0.389 e. The van der Waals surface area contributed by atoms with Crippen LogP contribution >= 0.6 is 0 Å². The van der Waals surface area contributed by atoms with Crippen molar-refractivity contribution in [1.29, 1.82) is 0 Å². The first-order valence-electron chi connectivity index (χ1n) is 5.91. The summed E-state index contributed by atoms with van der Waals surface area (Å²) in [7, 11) is 0. The maximum atomic E-state index is 11.9. The third-order valence-electron chi connectivity index (χ3n) is 2.93. The van der Waals surface area contributed by atoms with Crippen LogP contribution in [-0.2, 0) is 4.74 Å². The van der Waals surface area contributed by atoms with Gasteiger partial charge in [0.25, 0.3) is 0 Å². The predicted octanol–water partition coefficient (Wildman–Crippen LogP) is 3.01. The molecule has 1 rings (SSSR count). The van der Waals surface area contributed by atoms with Crippen LogP contribution in [0.25, 0.3) is 0 Å². The van der Waals surface area contributed by atoms with Crippen LogP contribution < -0.4 is 5.73 Å². The van der Waals surface area contributed by atoms with Gasteiger partial charge in [0.15, 0.2) is 0 Å². The Morgan fingerprint density at radius 3 is 2.56 bits per heavy atom. The molecule has 0 aromatic rings. The van der Waals surface area contributed by atoms with Crippen molar-refractivity contribution >= 4 is 0 Å². The Balaban J connectivity index is 2.07. The fourth-order valence-corrected chi connectivity index (χ4v) is 1.93. The Kier molecular flexibility index (Phi) is 5.55. The monoisotopic (exact) mass is 239 g/mol. The zero-order valence-electron chi connectivity index (χ0n) is 9.43. The molecule has 0 aliphatic carbocycles. The molecule has 0 bridgehead atoms. The second-order valence-corrected chi connectivity index (χ2v) is 4.48. The average molecular weight is 239 g/mol. The van der Waals surface area contributed by atoms with Crippen LogP contribution in [0.4, 0.5) is 13.2 Å². The average Bonchev–Trinajstić information content (AvgIpc) is 2.24. The van der Waals surface area contributed by atoms with E-state index in [4.69, 9.17) is 10.5 Å². The number of hydrogen-bond acceptors (Lipinski definition) is 2. The molecule has 2 nitrogen and oxygen atoms in total. The van der Waals surface area contributed by atoms with Crippen molar-refractivity contribution in [2.45, 2.75) is 63.3 Å². The van der Waals surface area contributed by atoms with E-state index in [0.717, 1.165) is 32.3 Å². The Labute approximate surface area is 94.3 Å². The van der Waals surface area contributed by atoms with E-state index < -0.39 is 12.6 Å². The molecule has 1 heterocycles. The first-order chi connectivity index (χ1) is 7.47. The van der Waals surface area contributed by atoms with E-state index in [1.54, 1.807) is 0 Å². The highest BCUT2D eigenvalue weighted by molar-refractivity contribution is 4.70. The number of rotatable bonds is 5. The van der Waals surface area contributed by atoms with Gasteiger partial charge in [-0.15, -0.1) is 0 Å². The van der Waals surface area contributed by atoms with Crippen LogP contribution in [0.15, 0.2) is 0 Å². The summed E-state index contributed by atoms with van der Waals surface area (Å²) in [5, 5.41) is 0. The van der Waals surface area contributed by atoms with Crippen molar-refractivity contribution < 1.29 is 17.9 Å². The molecule has 0 spiro atoms. The van der Waals surface area contributed by atoms with E-state index in [0.29, 0.717) is 6.42 Å². The minimum absolute atomic E-state index is 0.0240. The zero-order valence-corrected chi connectivity index (χ0v) is 9.43. The highest BCUT2D eigenvalue weighted by Gasteiger charge is 2.27. The summed E-state index contributed by atoms with van der Waals surface area (Å²) in [6, 6.07) is -0.354. The van der Waals surface area contributed by atoms with Crippen molar-refractivity contribution in [1.82, 2.24) is 0 Å². The zero-order chi connectivity index (χ0) is 12.0. The lowest BCUT2D eigenvalue weighted by Crippen LogP contribution is -2.26. The van der Waals surface area contributed by atoms with E-state index in [9.17, 15) is 13.2 Å². The van der Waals surface area contributed by atoms with Gasteiger partial charge in [0, 0.05) is 19.1 Å². The molecule has 0 amide bonds. The van der Waals surface area contributed by atoms with Gasteiger partial charge in [0.1, 0.15) is 0 Å². The van der Waals surface area contributed by atoms with Crippen molar-refractivity contribution in [3.63, 3.8) is 0 Å². The Hall–Kier alpha value is -0.290. The van der Waals surface area contributed by atoms with Crippen molar-refractivity contribution in [2.75, 3.05) is 6.61 Å². The van der Waals surface area contributed by atoms with Crippen LogP contribution in [0.5, 0.6) is 0 Å². The molecule has 0 aromatic heterocycles. The highest BCUT2D eigenvalue weighted by Crippen LogP contribution is 2.24. The molecule has 1 aliphatic heterocycles. The van der Waals surface area contributed by atoms with E-state index in [1.807, 2.05) is 0 Å². The quantitative estimate of drug-likeness (QED) is 0.800. The van der Waals surface area contributed by atoms with E-state index in [-0.39, 0.29) is 18.6 Å². The fourth-order valence-electron chi connectivity index (χ4n) is 1.93. The molecule has 0 saturated carbocycles. The number of hydrogen-bond donors (Lipinski definition) is 1. The van der Waals surface area contributed by atoms with Crippen molar-refractivity contribution in [2.24, 2.45) is 5.73 Å². The molecule has 2 unspecified atom stereocenters. The Morgan fingerprint density at radius 2 is 2.00 bits per heavy atom. The van der Waals surface area contributed by atoms with Crippen LogP contribution in [0.2, 0.25) is 0 Å². The maximum absolute atomic E-state index is 11.9. The van der Waals surface area contributed by atoms with Gasteiger partial charge in [0.05, 0.1) is 6.10 Å². The van der Waals surface area contributed by atoms with Crippen molar-refractivity contribution in [3.05, 3.63) is 0 Å². The molecule has 1 fully saturated rings. The normalized spacial score (nSPS) is 24.4. The topological polar surface area (TPSA) is 35.2 Å². The second kappa shape index (κ2) is 6.45. The summed E-state index contributed by atoms with van der Waals surface area (Å²) in [5.41, 5.74) is 5.64. The number of ether oxygens (including phenoxy) is 1. The standard InChI is InChI=1S/C11H20F3NO/c12-11(13,14)7-6-9(15)4-5-10-3-1-2-8-16-10/h9-10H,1-8,15H2. The van der Waals surface area contributed by atoms with Crippen LogP contribution in [0, 0.1) is 0 Å². The van der Waals surface area contributed by atoms with Gasteiger partial charge in [-0.25, -0.2) is 0 Å². The van der Waals surface area contributed by atoms with Gasteiger partial charge < -0.3 is 10.5 Å².